The second-order valence-electron chi connectivity index (χ2n) is 4.72. The van der Waals surface area contributed by atoms with E-state index < -0.39 is 17.3 Å². The molecule has 1 aliphatic heterocycles. The number of nitrogens with zero attached hydrogens (tertiary/aromatic N) is 2. The second kappa shape index (κ2) is 5.87. The number of benzene rings is 1. The van der Waals surface area contributed by atoms with Crippen LogP contribution in [0.1, 0.15) is 10.4 Å². The van der Waals surface area contributed by atoms with E-state index in [4.69, 9.17) is 5.11 Å². The van der Waals surface area contributed by atoms with Crippen molar-refractivity contribution in [2.45, 2.75) is 0 Å². The van der Waals surface area contributed by atoms with Crippen LogP contribution in [0.15, 0.2) is 18.2 Å². The molecule has 0 saturated carbocycles. The average Bonchev–Trinajstić information content (AvgIpc) is 2.41. The molecule has 0 spiro atoms. The Morgan fingerprint density at radius 1 is 1.25 bits per heavy atom. The Labute approximate surface area is 115 Å². The number of likely N-dealkylation sites (N-methyl/N-ethyl adjacent to an activating group) is 1. The van der Waals surface area contributed by atoms with E-state index in [-0.39, 0.29) is 11.7 Å². The van der Waals surface area contributed by atoms with Crippen molar-refractivity contribution >= 4 is 17.7 Å². The van der Waals surface area contributed by atoms with Crippen LogP contribution in [-0.4, -0.2) is 60.1 Å². The van der Waals surface area contributed by atoms with E-state index in [1.807, 2.05) is 7.05 Å². The Balaban J connectivity index is 2.04. The van der Waals surface area contributed by atoms with Gasteiger partial charge in [-0.05, 0) is 25.2 Å². The molecule has 6 nitrogen and oxygen atoms in total. The molecule has 1 heterocycles. The van der Waals surface area contributed by atoms with E-state index in [2.05, 4.69) is 10.2 Å². The number of nitrogens with one attached hydrogen (secondary N) is 1. The predicted molar refractivity (Wildman–Crippen MR) is 71.4 cm³/mol. The molecule has 2 N–H and O–H groups in total. The number of carbonyl (C=O) groups excluding carboxylic acids is 1. The lowest BCUT2D eigenvalue weighted by Crippen LogP contribution is -2.48. The topological polar surface area (TPSA) is 72.9 Å². The summed E-state index contributed by atoms with van der Waals surface area (Å²) in [6.07, 6.45) is 0. The van der Waals surface area contributed by atoms with E-state index in [0.717, 1.165) is 25.2 Å². The number of hydrogen-bond acceptors (Lipinski definition) is 3. The molecule has 0 bridgehead atoms. The highest BCUT2D eigenvalue weighted by molar-refractivity contribution is 5.93. The molecule has 0 aromatic heterocycles. The number of carboxylic acid groups (broad SMARTS) is 1. The fourth-order valence-corrected chi connectivity index (χ4v) is 1.98. The van der Waals surface area contributed by atoms with Gasteiger partial charge in [0.2, 0.25) is 0 Å². The van der Waals surface area contributed by atoms with Crippen LogP contribution < -0.4 is 5.32 Å². The molecule has 7 heteroatoms. The second-order valence-corrected chi connectivity index (χ2v) is 4.72. The highest BCUT2D eigenvalue weighted by atomic mass is 19.1. The van der Waals surface area contributed by atoms with Crippen LogP contribution in [0.4, 0.5) is 14.9 Å². The molecule has 2 rings (SSSR count). The van der Waals surface area contributed by atoms with Crippen molar-refractivity contribution in [3.05, 3.63) is 29.6 Å². The monoisotopic (exact) mass is 281 g/mol. The van der Waals surface area contributed by atoms with Crippen LogP contribution >= 0.6 is 0 Å². The quantitative estimate of drug-likeness (QED) is 0.857. The Bertz CT molecular complexity index is 528. The molecule has 1 saturated heterocycles. The molecule has 0 unspecified atom stereocenters. The summed E-state index contributed by atoms with van der Waals surface area (Å²) in [6, 6.07) is 3.19. The molecule has 2 amide bonds. The first-order chi connectivity index (χ1) is 9.47. The summed E-state index contributed by atoms with van der Waals surface area (Å²) >= 11 is 0. The maximum absolute atomic E-state index is 13.2. The highest BCUT2D eigenvalue weighted by Crippen LogP contribution is 2.15. The van der Waals surface area contributed by atoms with Crippen molar-refractivity contribution in [1.29, 1.82) is 0 Å². The molecule has 1 aromatic rings. The smallest absolute Gasteiger partial charge is 0.338 e. The number of anilines is 1. The zero-order valence-corrected chi connectivity index (χ0v) is 11.1. The highest BCUT2D eigenvalue weighted by Gasteiger charge is 2.19. The molecule has 20 heavy (non-hydrogen) atoms. The molecular weight excluding hydrogens is 265 g/mol. The zero-order valence-electron chi connectivity index (χ0n) is 11.1. The molecule has 0 aliphatic carbocycles. The van der Waals surface area contributed by atoms with Crippen molar-refractivity contribution < 1.29 is 19.1 Å². The maximum atomic E-state index is 13.2. The lowest BCUT2D eigenvalue weighted by Gasteiger charge is -2.32. The molecule has 0 radical (unpaired) electrons. The van der Waals surface area contributed by atoms with Gasteiger partial charge in [0.05, 0.1) is 5.56 Å². The van der Waals surface area contributed by atoms with Crippen LogP contribution in [-0.2, 0) is 0 Å². The van der Waals surface area contributed by atoms with Crippen molar-refractivity contribution in [1.82, 2.24) is 9.80 Å². The minimum Gasteiger partial charge on any atom is -0.478 e. The minimum absolute atomic E-state index is 0.271. The molecule has 1 fully saturated rings. The van der Waals surface area contributed by atoms with Gasteiger partial charge in [0.1, 0.15) is 5.82 Å². The van der Waals surface area contributed by atoms with E-state index in [0.29, 0.717) is 13.1 Å². The number of halogens is 1. The summed E-state index contributed by atoms with van der Waals surface area (Å²) in [5.41, 5.74) is -0.186. The first-order valence-electron chi connectivity index (χ1n) is 6.24. The van der Waals surface area contributed by atoms with Gasteiger partial charge in [-0.3, -0.25) is 0 Å². The fraction of sp³-hybridized carbons (Fsp3) is 0.385. The van der Waals surface area contributed by atoms with Crippen LogP contribution in [0.5, 0.6) is 0 Å². The maximum Gasteiger partial charge on any atom is 0.338 e. The third-order valence-electron chi connectivity index (χ3n) is 3.24. The van der Waals surface area contributed by atoms with Crippen LogP contribution in [0.25, 0.3) is 0 Å². The van der Waals surface area contributed by atoms with Gasteiger partial charge in [-0.25, -0.2) is 14.0 Å². The summed E-state index contributed by atoms with van der Waals surface area (Å²) in [7, 11) is 1.98. The number of rotatable bonds is 2. The van der Waals surface area contributed by atoms with Crippen molar-refractivity contribution in [3.8, 4) is 0 Å². The van der Waals surface area contributed by atoms with E-state index in [1.54, 1.807) is 4.90 Å². The molecule has 1 aromatic carbocycles. The van der Waals surface area contributed by atoms with Gasteiger partial charge in [-0.1, -0.05) is 0 Å². The average molecular weight is 281 g/mol. The number of carbonyl (C=O) groups is 2. The summed E-state index contributed by atoms with van der Waals surface area (Å²) in [6.45, 7) is 2.79. The zero-order chi connectivity index (χ0) is 14.7. The van der Waals surface area contributed by atoms with E-state index in [9.17, 15) is 14.0 Å². The standard InChI is InChI=1S/C13H16FN3O3/c1-16-4-6-17(7-5-16)13(20)15-9-2-3-11(14)10(8-9)12(18)19/h2-3,8H,4-7H2,1H3,(H,15,20)(H,18,19). The molecule has 108 valence electrons. The van der Waals surface area contributed by atoms with Crippen LogP contribution in [0, 0.1) is 5.82 Å². The summed E-state index contributed by atoms with van der Waals surface area (Å²) in [4.78, 5) is 26.6. The predicted octanol–water partition coefficient (Wildman–Crippen LogP) is 1.30. The number of piperazine rings is 1. The first kappa shape index (κ1) is 14.3. The first-order valence-corrected chi connectivity index (χ1v) is 6.24. The van der Waals surface area contributed by atoms with Gasteiger partial charge in [-0.15, -0.1) is 0 Å². The van der Waals surface area contributed by atoms with Gasteiger partial charge in [0, 0.05) is 31.9 Å². The fourth-order valence-electron chi connectivity index (χ4n) is 1.98. The van der Waals surface area contributed by atoms with E-state index in [1.165, 1.54) is 6.07 Å². The van der Waals surface area contributed by atoms with Crippen molar-refractivity contribution in [3.63, 3.8) is 0 Å². The number of carboxylic acids is 1. The normalized spacial score (nSPS) is 16.0. The SMILES string of the molecule is CN1CCN(C(=O)Nc2ccc(F)c(C(=O)O)c2)CC1. The number of hydrogen-bond donors (Lipinski definition) is 2. The number of urea groups is 1. The summed E-state index contributed by atoms with van der Waals surface area (Å²) in [5.74, 6) is -2.19. The minimum atomic E-state index is -1.36. The largest absolute Gasteiger partial charge is 0.478 e. The third-order valence-corrected chi connectivity index (χ3v) is 3.24. The number of aromatic carboxylic acids is 1. The van der Waals surface area contributed by atoms with Gasteiger partial charge in [0.15, 0.2) is 0 Å². The summed E-state index contributed by atoms with van der Waals surface area (Å²) in [5, 5.41) is 11.4. The lowest BCUT2D eigenvalue weighted by molar-refractivity contribution is 0.0692. The Kier molecular flexibility index (Phi) is 4.19. The Morgan fingerprint density at radius 2 is 1.90 bits per heavy atom. The third kappa shape index (κ3) is 3.24. The Hall–Kier alpha value is -2.15. The molecule has 0 atom stereocenters. The lowest BCUT2D eigenvalue weighted by atomic mass is 10.2. The van der Waals surface area contributed by atoms with Gasteiger partial charge < -0.3 is 20.2 Å². The van der Waals surface area contributed by atoms with Crippen LogP contribution in [0.3, 0.4) is 0 Å². The van der Waals surface area contributed by atoms with Gasteiger partial charge >= 0.3 is 12.0 Å². The van der Waals surface area contributed by atoms with Gasteiger partial charge in [-0.2, -0.15) is 0 Å². The Morgan fingerprint density at radius 3 is 2.50 bits per heavy atom. The van der Waals surface area contributed by atoms with Crippen molar-refractivity contribution in [2.75, 3.05) is 38.5 Å². The van der Waals surface area contributed by atoms with Crippen LogP contribution in [0.2, 0.25) is 0 Å². The van der Waals surface area contributed by atoms with Crippen molar-refractivity contribution in [2.24, 2.45) is 0 Å². The summed E-state index contributed by atoms with van der Waals surface area (Å²) < 4.78 is 13.2. The van der Waals surface area contributed by atoms with Gasteiger partial charge in [0.25, 0.3) is 0 Å². The molecular formula is C13H16FN3O3. The number of amides is 2. The van der Waals surface area contributed by atoms with E-state index >= 15 is 0 Å². The molecule has 1 aliphatic rings.